The van der Waals surface area contributed by atoms with E-state index in [0.29, 0.717) is 17.3 Å². The fourth-order valence-electron chi connectivity index (χ4n) is 0.874. The zero-order chi connectivity index (χ0) is 12.0. The van der Waals surface area contributed by atoms with Gasteiger partial charge in [-0.05, 0) is 16.8 Å². The van der Waals surface area contributed by atoms with E-state index in [-0.39, 0.29) is 6.54 Å². The molecule has 0 saturated carbocycles. The summed E-state index contributed by atoms with van der Waals surface area (Å²) in [5, 5.41) is 20.8. The van der Waals surface area contributed by atoms with Gasteiger partial charge in [-0.1, -0.05) is 18.7 Å². The fraction of sp³-hybridized carbons (Fsp3) is 0.750. The van der Waals surface area contributed by atoms with Crippen molar-refractivity contribution >= 4 is 17.7 Å². The minimum Gasteiger partial charge on any atom is -0.468 e. The summed E-state index contributed by atoms with van der Waals surface area (Å²) >= 11 is 1.31. The van der Waals surface area contributed by atoms with Gasteiger partial charge in [0.05, 0.1) is 13.2 Å². The SMILES string of the molecule is CCC(O)CSc1nnnn1CC(=O)OC. The molecule has 0 bridgehead atoms. The van der Waals surface area contributed by atoms with Crippen molar-refractivity contribution in [3.05, 3.63) is 0 Å². The second-order valence-corrected chi connectivity index (χ2v) is 4.06. The summed E-state index contributed by atoms with van der Waals surface area (Å²) in [7, 11) is 1.31. The molecule has 1 aromatic rings. The highest BCUT2D eigenvalue weighted by atomic mass is 32.2. The Balaban J connectivity index is 2.53. The standard InChI is InChI=1S/C8H14N4O3S/c1-3-6(13)5-16-8-9-10-11-12(8)4-7(14)15-2/h6,13H,3-5H2,1-2H3. The molecule has 0 amide bonds. The van der Waals surface area contributed by atoms with Crippen molar-refractivity contribution < 1.29 is 14.6 Å². The lowest BCUT2D eigenvalue weighted by Gasteiger charge is -2.06. The highest BCUT2D eigenvalue weighted by Crippen LogP contribution is 2.15. The second-order valence-electron chi connectivity index (χ2n) is 3.07. The molecule has 0 radical (unpaired) electrons. The zero-order valence-electron chi connectivity index (χ0n) is 9.16. The molecule has 1 atom stereocenters. The number of aliphatic hydroxyl groups excluding tert-OH is 1. The van der Waals surface area contributed by atoms with Gasteiger partial charge >= 0.3 is 5.97 Å². The predicted octanol–water partition coefficient (Wildman–Crippen LogP) is -0.291. The van der Waals surface area contributed by atoms with Crippen molar-refractivity contribution in [1.29, 1.82) is 0 Å². The molecular formula is C8H14N4O3S. The highest BCUT2D eigenvalue weighted by molar-refractivity contribution is 7.99. The van der Waals surface area contributed by atoms with Crippen LogP contribution in [0.3, 0.4) is 0 Å². The molecular weight excluding hydrogens is 232 g/mol. The van der Waals surface area contributed by atoms with E-state index >= 15 is 0 Å². The van der Waals surface area contributed by atoms with E-state index in [1.54, 1.807) is 0 Å². The molecule has 1 heterocycles. The number of nitrogens with zero attached hydrogens (tertiary/aromatic N) is 4. The lowest BCUT2D eigenvalue weighted by atomic mass is 10.3. The van der Waals surface area contributed by atoms with Crippen LogP contribution in [0, 0.1) is 0 Å². The van der Waals surface area contributed by atoms with Gasteiger partial charge in [-0.2, -0.15) is 0 Å². The Morgan fingerprint density at radius 3 is 3.06 bits per heavy atom. The third-order valence-corrected chi connectivity index (χ3v) is 2.98. The Morgan fingerprint density at radius 1 is 1.69 bits per heavy atom. The van der Waals surface area contributed by atoms with Crippen molar-refractivity contribution in [3.63, 3.8) is 0 Å². The smallest absolute Gasteiger partial charge is 0.327 e. The van der Waals surface area contributed by atoms with Crippen molar-refractivity contribution in [2.45, 2.75) is 31.1 Å². The van der Waals surface area contributed by atoms with Gasteiger partial charge in [0.1, 0.15) is 6.54 Å². The van der Waals surface area contributed by atoms with E-state index in [2.05, 4.69) is 20.3 Å². The van der Waals surface area contributed by atoms with Crippen molar-refractivity contribution in [1.82, 2.24) is 20.2 Å². The molecule has 8 heteroatoms. The van der Waals surface area contributed by atoms with Crippen molar-refractivity contribution in [3.8, 4) is 0 Å². The van der Waals surface area contributed by atoms with E-state index in [0.717, 1.165) is 0 Å². The first-order valence-corrected chi connectivity index (χ1v) is 5.79. The Labute approximate surface area is 97.2 Å². The van der Waals surface area contributed by atoms with Crippen molar-refractivity contribution in [2.24, 2.45) is 0 Å². The van der Waals surface area contributed by atoms with E-state index in [9.17, 15) is 9.90 Å². The molecule has 0 aliphatic rings. The van der Waals surface area contributed by atoms with Gasteiger partial charge in [-0.25, -0.2) is 4.68 Å². The Morgan fingerprint density at radius 2 is 2.44 bits per heavy atom. The normalized spacial score (nSPS) is 12.4. The average Bonchev–Trinajstić information content (AvgIpc) is 2.73. The molecule has 1 aromatic heterocycles. The number of carbonyl (C=O) groups is 1. The summed E-state index contributed by atoms with van der Waals surface area (Å²) in [6.07, 6.45) is 0.277. The minimum atomic E-state index is -0.412. The van der Waals surface area contributed by atoms with Crippen LogP contribution in [0.5, 0.6) is 0 Å². The van der Waals surface area contributed by atoms with E-state index < -0.39 is 12.1 Å². The number of thioether (sulfide) groups is 1. The number of aromatic nitrogens is 4. The largest absolute Gasteiger partial charge is 0.468 e. The molecule has 90 valence electrons. The van der Waals surface area contributed by atoms with E-state index in [1.807, 2.05) is 6.92 Å². The second kappa shape index (κ2) is 6.44. The summed E-state index contributed by atoms with van der Waals surface area (Å²) in [4.78, 5) is 11.0. The highest BCUT2D eigenvalue weighted by Gasteiger charge is 2.12. The van der Waals surface area contributed by atoms with Crippen LogP contribution < -0.4 is 0 Å². The van der Waals surface area contributed by atoms with Gasteiger partial charge in [0.2, 0.25) is 5.16 Å². The maximum Gasteiger partial charge on any atom is 0.327 e. The third kappa shape index (κ3) is 3.78. The number of esters is 1. The van der Waals surface area contributed by atoms with Gasteiger partial charge in [-0.3, -0.25) is 4.79 Å². The van der Waals surface area contributed by atoms with E-state index in [1.165, 1.54) is 23.6 Å². The summed E-state index contributed by atoms with van der Waals surface area (Å²) in [6, 6.07) is 0. The first-order chi connectivity index (χ1) is 7.67. The molecule has 0 fully saturated rings. The maximum atomic E-state index is 11.0. The number of aliphatic hydroxyl groups is 1. The lowest BCUT2D eigenvalue weighted by molar-refractivity contribution is -0.141. The molecule has 0 aromatic carbocycles. The first-order valence-electron chi connectivity index (χ1n) is 4.81. The van der Waals surface area contributed by atoms with Crippen LogP contribution in [0.15, 0.2) is 5.16 Å². The van der Waals surface area contributed by atoms with Crippen LogP contribution in [-0.2, 0) is 16.1 Å². The number of hydrogen-bond donors (Lipinski definition) is 1. The van der Waals surface area contributed by atoms with Crippen LogP contribution >= 0.6 is 11.8 Å². The minimum absolute atomic E-state index is 0.0198. The average molecular weight is 246 g/mol. The van der Waals surface area contributed by atoms with Gasteiger partial charge in [0, 0.05) is 5.75 Å². The lowest BCUT2D eigenvalue weighted by Crippen LogP contribution is -2.15. The number of hydrogen-bond acceptors (Lipinski definition) is 7. The van der Waals surface area contributed by atoms with Gasteiger partial charge in [-0.15, -0.1) is 5.10 Å². The zero-order valence-corrected chi connectivity index (χ0v) is 9.98. The molecule has 7 nitrogen and oxygen atoms in total. The molecule has 0 aliphatic carbocycles. The number of carbonyl (C=O) groups excluding carboxylic acids is 1. The van der Waals surface area contributed by atoms with E-state index in [4.69, 9.17) is 0 Å². The summed E-state index contributed by atoms with van der Waals surface area (Å²) in [5.41, 5.74) is 0. The molecule has 0 spiro atoms. The number of ether oxygens (including phenoxy) is 1. The Bertz CT molecular complexity index is 344. The molecule has 0 saturated heterocycles. The summed E-state index contributed by atoms with van der Waals surface area (Å²) in [6.45, 7) is 1.87. The van der Waals surface area contributed by atoms with Crippen LogP contribution in [0.4, 0.5) is 0 Å². The van der Waals surface area contributed by atoms with Crippen LogP contribution in [0.2, 0.25) is 0 Å². The van der Waals surface area contributed by atoms with Gasteiger partial charge in [0.25, 0.3) is 0 Å². The van der Waals surface area contributed by atoms with Crippen LogP contribution in [0.1, 0.15) is 13.3 Å². The summed E-state index contributed by atoms with van der Waals surface area (Å²) < 4.78 is 5.86. The van der Waals surface area contributed by atoms with Crippen LogP contribution in [-0.4, -0.2) is 50.2 Å². The van der Waals surface area contributed by atoms with Gasteiger partial charge in [0.15, 0.2) is 0 Å². The molecule has 0 aliphatic heterocycles. The number of tetrazole rings is 1. The van der Waals surface area contributed by atoms with Crippen molar-refractivity contribution in [2.75, 3.05) is 12.9 Å². The quantitative estimate of drug-likeness (QED) is 0.544. The molecule has 1 rings (SSSR count). The first kappa shape index (κ1) is 12.9. The third-order valence-electron chi connectivity index (χ3n) is 1.88. The Kier molecular flexibility index (Phi) is 5.20. The molecule has 16 heavy (non-hydrogen) atoms. The Hall–Kier alpha value is -1.15. The predicted molar refractivity (Wildman–Crippen MR) is 56.9 cm³/mol. The topological polar surface area (TPSA) is 90.1 Å². The van der Waals surface area contributed by atoms with Crippen LogP contribution in [0.25, 0.3) is 0 Å². The number of rotatable bonds is 6. The summed E-state index contributed by atoms with van der Waals surface area (Å²) in [5.74, 6) is 0.0862. The monoisotopic (exact) mass is 246 g/mol. The maximum absolute atomic E-state index is 11.0. The molecule has 1 unspecified atom stereocenters. The molecule has 1 N–H and O–H groups in total. The fourth-order valence-corrected chi connectivity index (χ4v) is 1.80. The van der Waals surface area contributed by atoms with Gasteiger partial charge < -0.3 is 9.84 Å². The number of methoxy groups -OCH3 is 1.